The molecule has 0 fully saturated rings. The second kappa shape index (κ2) is 6.77. The van der Waals surface area contributed by atoms with Crippen molar-refractivity contribution < 1.29 is 4.74 Å². The Morgan fingerprint density at radius 3 is 2.18 bits per heavy atom. The van der Waals surface area contributed by atoms with E-state index in [1.807, 2.05) is 6.07 Å². The molecule has 0 heterocycles. The molecule has 0 saturated heterocycles. The van der Waals surface area contributed by atoms with E-state index < -0.39 is 0 Å². The zero-order chi connectivity index (χ0) is 12.8. The Morgan fingerprint density at radius 1 is 1.12 bits per heavy atom. The van der Waals surface area contributed by atoms with E-state index in [0.717, 1.165) is 6.54 Å². The van der Waals surface area contributed by atoms with Crippen molar-refractivity contribution in [1.82, 2.24) is 4.90 Å². The normalized spacial score (nSPS) is 15.2. The van der Waals surface area contributed by atoms with Crippen LogP contribution in [0.1, 0.15) is 32.4 Å². The Balaban J connectivity index is 2.74. The fourth-order valence-electron chi connectivity index (χ4n) is 2.23. The summed E-state index contributed by atoms with van der Waals surface area (Å²) in [5, 5.41) is 0. The predicted molar refractivity (Wildman–Crippen MR) is 73.1 cm³/mol. The summed E-state index contributed by atoms with van der Waals surface area (Å²) >= 11 is 0. The van der Waals surface area contributed by atoms with Gasteiger partial charge < -0.3 is 9.64 Å². The summed E-state index contributed by atoms with van der Waals surface area (Å²) in [7, 11) is 3.96. The van der Waals surface area contributed by atoms with Crippen LogP contribution in [0.15, 0.2) is 30.3 Å². The summed E-state index contributed by atoms with van der Waals surface area (Å²) in [4.78, 5) is 2.37. The minimum atomic E-state index is 0.139. The lowest BCUT2D eigenvalue weighted by molar-refractivity contribution is 0.0264. The van der Waals surface area contributed by atoms with Crippen LogP contribution in [-0.2, 0) is 4.74 Å². The summed E-state index contributed by atoms with van der Waals surface area (Å²) in [5.74, 6) is 0.677. The molecule has 0 unspecified atom stereocenters. The number of methoxy groups -OCH3 is 1. The minimum Gasteiger partial charge on any atom is -0.375 e. The van der Waals surface area contributed by atoms with Crippen LogP contribution in [-0.4, -0.2) is 31.6 Å². The van der Waals surface area contributed by atoms with Crippen molar-refractivity contribution in [3.05, 3.63) is 35.9 Å². The lowest BCUT2D eigenvalue weighted by Crippen LogP contribution is -2.37. The van der Waals surface area contributed by atoms with E-state index in [1.54, 1.807) is 7.11 Å². The van der Waals surface area contributed by atoms with Gasteiger partial charge in [0.2, 0.25) is 0 Å². The fourth-order valence-corrected chi connectivity index (χ4v) is 2.23. The maximum atomic E-state index is 5.66. The molecule has 1 rings (SSSR count). The SMILES string of the molecule is CO[C@H](c1ccccc1)[C@H](C)N(C)CC(C)C. The van der Waals surface area contributed by atoms with E-state index in [1.165, 1.54) is 5.56 Å². The first-order valence-electron chi connectivity index (χ1n) is 6.34. The van der Waals surface area contributed by atoms with Crippen molar-refractivity contribution in [1.29, 1.82) is 0 Å². The molecule has 1 aromatic carbocycles. The third-order valence-electron chi connectivity index (χ3n) is 3.17. The molecule has 0 aliphatic rings. The smallest absolute Gasteiger partial charge is 0.0973 e. The predicted octanol–water partition coefficient (Wildman–Crippen LogP) is 3.35. The Morgan fingerprint density at radius 2 is 1.71 bits per heavy atom. The van der Waals surface area contributed by atoms with Gasteiger partial charge in [0, 0.05) is 19.7 Å². The van der Waals surface area contributed by atoms with Gasteiger partial charge in [-0.05, 0) is 25.5 Å². The zero-order valence-electron chi connectivity index (χ0n) is 11.7. The van der Waals surface area contributed by atoms with Gasteiger partial charge in [0.1, 0.15) is 0 Å². The maximum absolute atomic E-state index is 5.66. The number of hydrogen-bond donors (Lipinski definition) is 0. The van der Waals surface area contributed by atoms with Gasteiger partial charge in [-0.3, -0.25) is 0 Å². The van der Waals surface area contributed by atoms with Crippen LogP contribution in [0.4, 0.5) is 0 Å². The van der Waals surface area contributed by atoms with Gasteiger partial charge in [-0.2, -0.15) is 0 Å². The molecule has 96 valence electrons. The molecule has 0 aliphatic heterocycles. The number of ether oxygens (including phenoxy) is 1. The van der Waals surface area contributed by atoms with Crippen LogP contribution in [0, 0.1) is 5.92 Å². The fraction of sp³-hybridized carbons (Fsp3) is 0.600. The molecule has 0 bridgehead atoms. The highest BCUT2D eigenvalue weighted by Crippen LogP contribution is 2.23. The molecule has 0 aromatic heterocycles. The summed E-state index contributed by atoms with van der Waals surface area (Å²) < 4.78 is 5.66. The molecular weight excluding hydrogens is 210 g/mol. The Bertz CT molecular complexity index is 310. The largest absolute Gasteiger partial charge is 0.375 e. The second-order valence-electron chi connectivity index (χ2n) is 5.14. The average molecular weight is 235 g/mol. The van der Waals surface area contributed by atoms with E-state index in [2.05, 4.69) is 57.0 Å². The number of nitrogens with zero attached hydrogens (tertiary/aromatic N) is 1. The first-order valence-corrected chi connectivity index (χ1v) is 6.34. The first kappa shape index (κ1) is 14.2. The van der Waals surface area contributed by atoms with Crippen LogP contribution >= 0.6 is 0 Å². The van der Waals surface area contributed by atoms with E-state index in [0.29, 0.717) is 12.0 Å². The van der Waals surface area contributed by atoms with Crippen molar-refractivity contribution in [3.8, 4) is 0 Å². The number of likely N-dealkylation sites (N-methyl/N-ethyl adjacent to an activating group) is 1. The van der Waals surface area contributed by atoms with Gasteiger partial charge in [0.25, 0.3) is 0 Å². The third-order valence-corrected chi connectivity index (χ3v) is 3.17. The van der Waals surface area contributed by atoms with Crippen LogP contribution in [0.3, 0.4) is 0 Å². The summed E-state index contributed by atoms with van der Waals surface area (Å²) in [6.07, 6.45) is 0.139. The molecule has 1 aromatic rings. The van der Waals surface area contributed by atoms with Gasteiger partial charge in [-0.15, -0.1) is 0 Å². The van der Waals surface area contributed by atoms with Crippen molar-refractivity contribution in [2.75, 3.05) is 20.7 Å². The topological polar surface area (TPSA) is 12.5 Å². The Kier molecular flexibility index (Phi) is 5.66. The number of rotatable bonds is 6. The van der Waals surface area contributed by atoms with Crippen LogP contribution < -0.4 is 0 Å². The Labute approximate surface area is 106 Å². The molecule has 0 spiro atoms. The quantitative estimate of drug-likeness (QED) is 0.749. The van der Waals surface area contributed by atoms with Gasteiger partial charge >= 0.3 is 0 Å². The average Bonchev–Trinajstić information content (AvgIpc) is 2.30. The monoisotopic (exact) mass is 235 g/mol. The molecule has 0 radical (unpaired) electrons. The molecule has 0 N–H and O–H groups in total. The number of hydrogen-bond acceptors (Lipinski definition) is 2. The lowest BCUT2D eigenvalue weighted by atomic mass is 10.0. The first-order chi connectivity index (χ1) is 8.06. The summed E-state index contributed by atoms with van der Waals surface area (Å²) in [6.45, 7) is 7.80. The highest BCUT2D eigenvalue weighted by molar-refractivity contribution is 5.19. The molecule has 0 amide bonds. The standard InChI is InChI=1S/C15H25NO/c1-12(2)11-16(4)13(3)15(17-5)14-9-7-6-8-10-14/h6-10,12-13,15H,11H2,1-5H3/t13-,15-/m0/s1. The third kappa shape index (κ3) is 4.14. The van der Waals surface area contributed by atoms with Gasteiger partial charge in [-0.1, -0.05) is 44.2 Å². The van der Waals surface area contributed by atoms with Gasteiger partial charge in [-0.25, -0.2) is 0 Å². The molecule has 0 aliphatic carbocycles. The number of benzene rings is 1. The van der Waals surface area contributed by atoms with E-state index in [-0.39, 0.29) is 6.10 Å². The zero-order valence-corrected chi connectivity index (χ0v) is 11.7. The summed E-state index contributed by atoms with van der Waals surface area (Å²) in [5.41, 5.74) is 1.25. The molecule has 17 heavy (non-hydrogen) atoms. The van der Waals surface area contributed by atoms with E-state index in [4.69, 9.17) is 4.74 Å². The molecule has 2 atom stereocenters. The Hall–Kier alpha value is -0.860. The highest BCUT2D eigenvalue weighted by atomic mass is 16.5. The van der Waals surface area contributed by atoms with Gasteiger partial charge in [0.15, 0.2) is 0 Å². The minimum absolute atomic E-state index is 0.139. The highest BCUT2D eigenvalue weighted by Gasteiger charge is 2.22. The van der Waals surface area contributed by atoms with Crippen LogP contribution in [0.2, 0.25) is 0 Å². The maximum Gasteiger partial charge on any atom is 0.0973 e. The van der Waals surface area contributed by atoms with Gasteiger partial charge in [0.05, 0.1) is 6.10 Å². The molecule has 2 heteroatoms. The molecule has 0 saturated carbocycles. The van der Waals surface area contributed by atoms with E-state index in [9.17, 15) is 0 Å². The van der Waals surface area contributed by atoms with E-state index >= 15 is 0 Å². The lowest BCUT2D eigenvalue weighted by Gasteiger charge is -2.32. The second-order valence-corrected chi connectivity index (χ2v) is 5.14. The van der Waals surface area contributed by atoms with Crippen molar-refractivity contribution >= 4 is 0 Å². The van der Waals surface area contributed by atoms with Crippen LogP contribution in [0.25, 0.3) is 0 Å². The van der Waals surface area contributed by atoms with Crippen LogP contribution in [0.5, 0.6) is 0 Å². The summed E-state index contributed by atoms with van der Waals surface area (Å²) in [6, 6.07) is 10.8. The van der Waals surface area contributed by atoms with Crippen molar-refractivity contribution in [2.24, 2.45) is 5.92 Å². The van der Waals surface area contributed by atoms with Crippen molar-refractivity contribution in [3.63, 3.8) is 0 Å². The molecular formula is C15H25NO. The van der Waals surface area contributed by atoms with Crippen molar-refractivity contribution in [2.45, 2.75) is 32.9 Å². The molecule has 2 nitrogen and oxygen atoms in total.